The zero-order valence-electron chi connectivity index (χ0n) is 18.4. The van der Waals surface area contributed by atoms with Gasteiger partial charge in [-0.15, -0.1) is 15.7 Å². The van der Waals surface area contributed by atoms with Gasteiger partial charge in [-0.05, 0) is 48.4 Å². The van der Waals surface area contributed by atoms with Crippen LogP contribution in [0.3, 0.4) is 0 Å². The lowest BCUT2D eigenvalue weighted by Gasteiger charge is -2.20. The molecule has 1 aromatic carbocycles. The van der Waals surface area contributed by atoms with Crippen molar-refractivity contribution in [1.29, 1.82) is 5.26 Å². The van der Waals surface area contributed by atoms with E-state index in [1.807, 2.05) is 19.9 Å². The number of nitriles is 1. The van der Waals surface area contributed by atoms with E-state index in [0.29, 0.717) is 16.1 Å². The summed E-state index contributed by atoms with van der Waals surface area (Å²) in [5, 5.41) is 25.5. The Bertz CT molecular complexity index is 1160. The number of benzene rings is 1. The van der Waals surface area contributed by atoms with Crippen LogP contribution in [0, 0.1) is 17.1 Å². The maximum Gasteiger partial charge on any atom is 0.259 e. The van der Waals surface area contributed by atoms with Crippen LogP contribution in [0.15, 0.2) is 20.8 Å². The van der Waals surface area contributed by atoms with E-state index in [1.165, 1.54) is 26.1 Å². The molecule has 0 radical (unpaired) electrons. The van der Waals surface area contributed by atoms with Crippen LogP contribution in [-0.4, -0.2) is 20.2 Å². The average molecular weight is 467 g/mol. The molecular formula is C21H27FN4O3S2. The monoisotopic (exact) mass is 466 g/mol. The first-order valence-electron chi connectivity index (χ1n) is 9.70. The zero-order chi connectivity index (χ0) is 23.7. The quantitative estimate of drug-likeness (QED) is 0.662. The van der Waals surface area contributed by atoms with E-state index < -0.39 is 27.2 Å². The molecule has 0 aliphatic rings. The predicted octanol–water partition coefficient (Wildman–Crippen LogP) is 4.10. The van der Waals surface area contributed by atoms with Crippen molar-refractivity contribution in [3.8, 4) is 6.07 Å². The van der Waals surface area contributed by atoms with Gasteiger partial charge in [0, 0.05) is 0 Å². The van der Waals surface area contributed by atoms with Gasteiger partial charge in [0.1, 0.15) is 26.7 Å². The normalized spacial score (nSPS) is 13.9. The Hall–Kier alpha value is -2.19. The van der Waals surface area contributed by atoms with Crippen LogP contribution >= 0.6 is 11.3 Å². The van der Waals surface area contributed by atoms with E-state index in [-0.39, 0.29) is 33.6 Å². The lowest BCUT2D eigenvalue weighted by molar-refractivity contribution is -0.117. The van der Waals surface area contributed by atoms with E-state index >= 15 is 0 Å². The third-order valence-corrected chi connectivity index (χ3v) is 7.86. The molecule has 168 valence electrons. The zero-order valence-corrected chi connectivity index (χ0v) is 20.0. The number of thiazole rings is 1. The molecule has 0 bridgehead atoms. The molecule has 0 aliphatic carbocycles. The highest BCUT2D eigenvalue weighted by Gasteiger charge is 2.26. The Morgan fingerprint density at radius 1 is 1.39 bits per heavy atom. The second-order valence-corrected chi connectivity index (χ2v) is 11.5. The highest BCUT2D eigenvalue weighted by molar-refractivity contribution is 7.93. The van der Waals surface area contributed by atoms with Crippen LogP contribution in [0.4, 0.5) is 4.39 Å². The topological polar surface area (TPSA) is 129 Å². The lowest BCUT2D eigenvalue weighted by atomic mass is 9.85. The minimum Gasteiger partial charge on any atom is -0.383 e. The maximum absolute atomic E-state index is 14.9. The average Bonchev–Trinajstić information content (AvgIpc) is 3.12. The fourth-order valence-corrected chi connectivity index (χ4v) is 5.33. The van der Waals surface area contributed by atoms with Crippen molar-refractivity contribution in [2.24, 2.45) is 9.50 Å². The predicted molar refractivity (Wildman–Crippen MR) is 118 cm³/mol. The number of hydrogen-bond donors (Lipinski definition) is 2. The second-order valence-electron chi connectivity index (χ2n) is 8.41. The maximum atomic E-state index is 14.9. The summed E-state index contributed by atoms with van der Waals surface area (Å²) in [7, 11) is -3.58. The Kier molecular flexibility index (Phi) is 7.38. The fraction of sp³-hybridized carbons (Fsp3) is 0.476. The molecule has 0 spiro atoms. The third-order valence-electron chi connectivity index (χ3n) is 4.63. The molecule has 2 rings (SSSR count). The fourth-order valence-electron chi connectivity index (χ4n) is 3.19. The number of hydrogen-bond acceptors (Lipinski definition) is 6. The first-order valence-corrected chi connectivity index (χ1v) is 12.1. The summed E-state index contributed by atoms with van der Waals surface area (Å²) in [5.74, 6) is -1.79. The summed E-state index contributed by atoms with van der Waals surface area (Å²) in [6.45, 7) is 10.4. The smallest absolute Gasteiger partial charge is 0.259 e. The highest BCUT2D eigenvalue weighted by atomic mass is 32.2. The van der Waals surface area contributed by atoms with Gasteiger partial charge in [0.25, 0.3) is 5.91 Å². The number of amides is 1. The van der Waals surface area contributed by atoms with Crippen molar-refractivity contribution in [2.45, 2.75) is 69.6 Å². The first-order chi connectivity index (χ1) is 14.2. The van der Waals surface area contributed by atoms with Crippen molar-refractivity contribution in [3.05, 3.63) is 45.3 Å². The van der Waals surface area contributed by atoms with Crippen LogP contribution < -0.4 is 5.14 Å². The molecule has 10 heteroatoms. The minimum absolute atomic E-state index is 0.0668. The molecule has 1 heterocycles. The van der Waals surface area contributed by atoms with Gasteiger partial charge in [-0.25, -0.2) is 18.7 Å². The van der Waals surface area contributed by atoms with Gasteiger partial charge < -0.3 is 5.11 Å². The lowest BCUT2D eigenvalue weighted by Crippen LogP contribution is -2.17. The number of aromatic nitrogens is 1. The molecule has 2 aromatic rings. The summed E-state index contributed by atoms with van der Waals surface area (Å²) in [4.78, 5) is 16.8. The van der Waals surface area contributed by atoms with Gasteiger partial charge in [0.2, 0.25) is 0 Å². The highest BCUT2D eigenvalue weighted by Crippen LogP contribution is 2.33. The van der Waals surface area contributed by atoms with Crippen molar-refractivity contribution in [3.63, 3.8) is 0 Å². The summed E-state index contributed by atoms with van der Waals surface area (Å²) < 4.78 is 31.6. The minimum atomic E-state index is -3.58. The molecule has 31 heavy (non-hydrogen) atoms. The number of rotatable bonds is 6. The van der Waals surface area contributed by atoms with Crippen molar-refractivity contribution in [2.75, 3.05) is 0 Å². The SMILES string of the molecule is CC(C)c1cc(C#N)c(F)c(C(C)C)c1CC(=O)N=S(N)(=O)c1cnc(C(C)(C)O)s1. The van der Waals surface area contributed by atoms with E-state index in [1.54, 1.807) is 13.8 Å². The van der Waals surface area contributed by atoms with E-state index in [4.69, 9.17) is 5.14 Å². The number of carbonyl (C=O) groups excluding carboxylic acids is 1. The van der Waals surface area contributed by atoms with Crippen molar-refractivity contribution in [1.82, 2.24) is 4.98 Å². The standard InChI is InChI=1S/C21H27FN4O3S2/c1-11(2)14-7-13(9-23)19(22)18(12(3)4)15(14)8-16(27)26-31(24,29)17-10-25-20(30-17)21(5,6)28/h7,10-12,28H,8H2,1-6H3,(H2,24,26,27,29). The molecule has 3 N–H and O–H groups in total. The van der Waals surface area contributed by atoms with E-state index in [0.717, 1.165) is 11.3 Å². The first kappa shape index (κ1) is 25.1. The molecule has 0 fully saturated rings. The Labute approximate surface area is 186 Å². The summed E-state index contributed by atoms with van der Waals surface area (Å²) in [6.07, 6.45) is 0.937. The van der Waals surface area contributed by atoms with Gasteiger partial charge in [0.15, 0.2) is 9.92 Å². The molecule has 0 saturated carbocycles. The molecule has 0 aliphatic heterocycles. The number of halogens is 1. The van der Waals surface area contributed by atoms with Gasteiger partial charge >= 0.3 is 0 Å². The molecule has 7 nitrogen and oxygen atoms in total. The second kappa shape index (κ2) is 9.12. The van der Waals surface area contributed by atoms with Crippen LogP contribution in [0.1, 0.15) is 80.6 Å². The van der Waals surface area contributed by atoms with Gasteiger partial charge in [-0.3, -0.25) is 4.79 Å². The van der Waals surface area contributed by atoms with Gasteiger partial charge in [0.05, 0.1) is 18.2 Å². The largest absolute Gasteiger partial charge is 0.383 e. The molecule has 1 aromatic heterocycles. The van der Waals surface area contributed by atoms with Gasteiger partial charge in [-0.1, -0.05) is 27.7 Å². The van der Waals surface area contributed by atoms with Crippen molar-refractivity contribution >= 4 is 27.2 Å². The van der Waals surface area contributed by atoms with Crippen LogP contribution in [0.2, 0.25) is 0 Å². The van der Waals surface area contributed by atoms with Crippen LogP contribution in [0.25, 0.3) is 0 Å². The van der Waals surface area contributed by atoms with Crippen molar-refractivity contribution < 1.29 is 18.5 Å². The Balaban J connectivity index is 2.54. The van der Waals surface area contributed by atoms with E-state index in [2.05, 4.69) is 9.35 Å². The molecule has 1 atom stereocenters. The third kappa shape index (κ3) is 5.54. The van der Waals surface area contributed by atoms with Gasteiger partial charge in [-0.2, -0.15) is 5.26 Å². The summed E-state index contributed by atoms with van der Waals surface area (Å²) in [5.41, 5.74) is 0.0486. The molecule has 1 unspecified atom stereocenters. The number of aliphatic hydroxyl groups is 1. The number of carbonyl (C=O) groups is 1. The Morgan fingerprint density at radius 2 is 2.00 bits per heavy atom. The number of nitrogens with zero attached hydrogens (tertiary/aromatic N) is 3. The summed E-state index contributed by atoms with van der Waals surface area (Å²) >= 11 is 0.915. The van der Waals surface area contributed by atoms with Crippen LogP contribution in [0.5, 0.6) is 0 Å². The Morgan fingerprint density at radius 3 is 2.45 bits per heavy atom. The number of nitrogens with two attached hydrogens (primary N) is 1. The van der Waals surface area contributed by atoms with Crippen LogP contribution in [-0.2, 0) is 26.7 Å². The molecule has 0 saturated heterocycles. The summed E-state index contributed by atoms with van der Waals surface area (Å²) in [6, 6.07) is 3.32. The van der Waals surface area contributed by atoms with E-state index in [9.17, 15) is 23.8 Å². The molecular weight excluding hydrogens is 439 g/mol. The molecule has 1 amide bonds.